The van der Waals surface area contributed by atoms with Gasteiger partial charge in [0, 0.05) is 34.2 Å². The van der Waals surface area contributed by atoms with Crippen LogP contribution in [0.1, 0.15) is 5.56 Å². The molecule has 0 spiro atoms. The summed E-state index contributed by atoms with van der Waals surface area (Å²) in [7, 11) is 0. The summed E-state index contributed by atoms with van der Waals surface area (Å²) in [6.07, 6.45) is 2.09. The molecule has 28 heavy (non-hydrogen) atoms. The molecule has 0 unspecified atom stereocenters. The van der Waals surface area contributed by atoms with Crippen molar-refractivity contribution in [3.05, 3.63) is 64.2 Å². The number of nitro groups is 1. The highest BCUT2D eigenvalue weighted by Crippen LogP contribution is 2.25. The van der Waals surface area contributed by atoms with Gasteiger partial charge < -0.3 is 4.90 Å². The highest BCUT2D eigenvalue weighted by Gasteiger charge is 2.24. The molecule has 144 valence electrons. The van der Waals surface area contributed by atoms with Crippen molar-refractivity contribution in [1.82, 2.24) is 0 Å². The van der Waals surface area contributed by atoms with Gasteiger partial charge in [0.2, 0.25) is 0 Å². The number of H-pyrrole nitrogens is 1. The highest BCUT2D eigenvalue weighted by molar-refractivity contribution is 7.98. The fourth-order valence-electron chi connectivity index (χ4n) is 3.72. The number of aromatic nitrogens is 1. The lowest BCUT2D eigenvalue weighted by atomic mass is 10.1. The zero-order valence-corrected chi connectivity index (χ0v) is 16.8. The zero-order chi connectivity index (χ0) is 19.7. The van der Waals surface area contributed by atoms with Crippen LogP contribution in [0.25, 0.3) is 10.9 Å². The first-order valence-corrected chi connectivity index (χ1v) is 10.5. The number of hydrogen-bond acceptors (Lipinski definition) is 5. The molecule has 0 saturated carbocycles. The number of nitrogens with one attached hydrogen (secondary N) is 1. The Kier molecular flexibility index (Phi) is 5.09. The molecule has 0 atom stereocenters. The molecule has 1 fully saturated rings. The number of nitrogens with zero attached hydrogens (tertiary/aromatic N) is 3. The van der Waals surface area contributed by atoms with Crippen LogP contribution in [-0.2, 0) is 0 Å². The Morgan fingerprint density at radius 1 is 1.00 bits per heavy atom. The van der Waals surface area contributed by atoms with E-state index in [9.17, 15) is 10.1 Å². The van der Waals surface area contributed by atoms with Crippen LogP contribution >= 0.6 is 11.8 Å². The average Bonchev–Trinajstić information content (AvgIpc) is 2.73. The number of aromatic amines is 1. The quantitative estimate of drug-likeness (QED) is 0.381. The van der Waals surface area contributed by atoms with E-state index in [0.717, 1.165) is 37.7 Å². The Hall–Kier alpha value is -2.80. The van der Waals surface area contributed by atoms with Gasteiger partial charge in [-0.25, -0.2) is 4.98 Å². The molecule has 0 aliphatic carbocycles. The summed E-state index contributed by atoms with van der Waals surface area (Å²) in [5.41, 5.74) is 3.61. The van der Waals surface area contributed by atoms with Gasteiger partial charge in [0.25, 0.3) is 11.5 Å². The topological polar surface area (TPSA) is 63.8 Å². The van der Waals surface area contributed by atoms with Crippen molar-refractivity contribution in [3.63, 3.8) is 0 Å². The van der Waals surface area contributed by atoms with Crippen LogP contribution in [0.15, 0.2) is 53.4 Å². The second-order valence-electron chi connectivity index (χ2n) is 7.00. The van der Waals surface area contributed by atoms with Crippen molar-refractivity contribution in [2.75, 3.05) is 42.2 Å². The van der Waals surface area contributed by atoms with E-state index in [1.54, 1.807) is 23.9 Å². The first kappa shape index (κ1) is 18.6. The van der Waals surface area contributed by atoms with Crippen molar-refractivity contribution in [2.24, 2.45) is 0 Å². The molecule has 7 heteroatoms. The number of nitro benzene ring substituents is 1. The zero-order valence-electron chi connectivity index (χ0n) is 16.0. The van der Waals surface area contributed by atoms with Gasteiger partial charge in [-0.3, -0.25) is 15.0 Å². The summed E-state index contributed by atoms with van der Waals surface area (Å²) in [6.45, 7) is 5.73. The molecular formula is C21H23N4O2S+. The second-order valence-corrected chi connectivity index (χ2v) is 7.88. The van der Waals surface area contributed by atoms with Crippen LogP contribution in [0.3, 0.4) is 0 Å². The third-order valence-corrected chi connectivity index (χ3v) is 6.04. The van der Waals surface area contributed by atoms with Crippen LogP contribution in [0, 0.1) is 17.0 Å². The Morgan fingerprint density at radius 2 is 1.68 bits per heavy atom. The minimum absolute atomic E-state index is 0.133. The molecule has 1 saturated heterocycles. The normalized spacial score (nSPS) is 14.5. The maximum absolute atomic E-state index is 10.8. The van der Waals surface area contributed by atoms with Gasteiger partial charge in [-0.2, -0.15) is 0 Å². The Labute approximate surface area is 168 Å². The third kappa shape index (κ3) is 3.62. The first-order chi connectivity index (χ1) is 13.5. The van der Waals surface area contributed by atoms with Crippen LogP contribution in [0.2, 0.25) is 0 Å². The maximum Gasteiger partial charge on any atom is 0.275 e. The van der Waals surface area contributed by atoms with Crippen LogP contribution in [0.4, 0.5) is 17.2 Å². The van der Waals surface area contributed by atoms with E-state index in [-0.39, 0.29) is 10.6 Å². The molecule has 6 nitrogen and oxygen atoms in total. The van der Waals surface area contributed by atoms with Crippen molar-refractivity contribution in [2.45, 2.75) is 11.8 Å². The van der Waals surface area contributed by atoms with Gasteiger partial charge in [0.15, 0.2) is 0 Å². The largest absolute Gasteiger partial charge is 0.364 e. The first-order valence-electron chi connectivity index (χ1n) is 9.30. The van der Waals surface area contributed by atoms with Crippen molar-refractivity contribution in [3.8, 4) is 0 Å². The minimum Gasteiger partial charge on any atom is -0.364 e. The number of thioether (sulfide) groups is 1. The van der Waals surface area contributed by atoms with E-state index in [0.29, 0.717) is 0 Å². The summed E-state index contributed by atoms with van der Waals surface area (Å²) in [6, 6.07) is 15.6. The fourth-order valence-corrected chi connectivity index (χ4v) is 4.16. The maximum atomic E-state index is 10.8. The van der Waals surface area contributed by atoms with Gasteiger partial charge in [0.05, 0.1) is 18.0 Å². The summed E-state index contributed by atoms with van der Waals surface area (Å²) in [5.74, 6) is 1.15. The molecule has 1 aromatic heterocycles. The Bertz CT molecular complexity index is 1010. The number of non-ortho nitro benzene ring substituents is 1. The minimum atomic E-state index is -0.359. The van der Waals surface area contributed by atoms with Gasteiger partial charge in [0.1, 0.15) is 18.6 Å². The fraction of sp³-hybridized carbons (Fsp3) is 0.286. The molecular weight excluding hydrogens is 372 g/mol. The van der Waals surface area contributed by atoms with Crippen LogP contribution in [0.5, 0.6) is 0 Å². The monoisotopic (exact) mass is 395 g/mol. The number of hydrogen-bond donors (Lipinski definition) is 0. The summed E-state index contributed by atoms with van der Waals surface area (Å²) in [4.78, 5) is 20.0. The molecule has 3 aromatic rings. The van der Waals surface area contributed by atoms with E-state index in [2.05, 4.69) is 52.2 Å². The van der Waals surface area contributed by atoms with Crippen LogP contribution in [-0.4, -0.2) is 37.4 Å². The van der Waals surface area contributed by atoms with Gasteiger partial charge >= 0.3 is 0 Å². The summed E-state index contributed by atoms with van der Waals surface area (Å²) in [5, 5.41) is 12.1. The number of pyridine rings is 1. The summed E-state index contributed by atoms with van der Waals surface area (Å²) < 4.78 is 0. The molecule has 0 radical (unpaired) electrons. The van der Waals surface area contributed by atoms with Gasteiger partial charge in [-0.05, 0) is 49.1 Å². The van der Waals surface area contributed by atoms with Crippen LogP contribution < -0.4 is 14.8 Å². The van der Waals surface area contributed by atoms with E-state index < -0.39 is 0 Å². The standard InChI is InChI=1S/C21H22N4O2S/c1-15-13-21(22-20-14-18(28-2)7-8-19(15)20)24-11-9-23(10-12-24)16-3-5-17(6-4-16)25(26)27/h3-8,13-14H,9-12H2,1-2H3/p+1. The number of rotatable bonds is 4. The molecule has 1 N–H and O–H groups in total. The average molecular weight is 396 g/mol. The van der Waals surface area contributed by atoms with Gasteiger partial charge in [-0.15, -0.1) is 11.8 Å². The molecule has 1 aliphatic rings. The second kappa shape index (κ2) is 7.67. The van der Waals surface area contributed by atoms with Crippen molar-refractivity contribution < 1.29 is 9.91 Å². The predicted octanol–water partition coefficient (Wildman–Crippen LogP) is 3.92. The van der Waals surface area contributed by atoms with Crippen molar-refractivity contribution in [1.29, 1.82) is 0 Å². The Balaban J connectivity index is 1.51. The number of benzene rings is 2. The SMILES string of the molecule is CSc1ccc2c(C)cc(N3CCN(c4ccc([N+](=O)[O-])cc4)CC3)[nH+]c2c1. The highest BCUT2D eigenvalue weighted by atomic mass is 32.2. The molecule has 2 aromatic carbocycles. The molecule has 0 amide bonds. The lowest BCUT2D eigenvalue weighted by molar-refractivity contribution is -0.384. The number of anilines is 2. The molecule has 0 bridgehead atoms. The molecule has 2 heterocycles. The van der Waals surface area contributed by atoms with E-state index in [1.165, 1.54) is 21.4 Å². The van der Waals surface area contributed by atoms with E-state index >= 15 is 0 Å². The molecule has 4 rings (SSSR count). The predicted molar refractivity (Wildman–Crippen MR) is 115 cm³/mol. The number of fused-ring (bicyclic) bond motifs is 1. The Morgan fingerprint density at radius 3 is 2.32 bits per heavy atom. The van der Waals surface area contributed by atoms with Gasteiger partial charge in [-0.1, -0.05) is 0 Å². The van der Waals surface area contributed by atoms with Crippen molar-refractivity contribution >= 4 is 39.9 Å². The summed E-state index contributed by atoms with van der Waals surface area (Å²) >= 11 is 1.75. The molecule has 1 aliphatic heterocycles. The van der Waals surface area contributed by atoms with E-state index in [1.807, 2.05) is 12.1 Å². The smallest absolute Gasteiger partial charge is 0.275 e. The lowest BCUT2D eigenvalue weighted by Crippen LogP contribution is -2.48. The third-order valence-electron chi connectivity index (χ3n) is 5.31. The lowest BCUT2D eigenvalue weighted by Gasteiger charge is -2.32. The number of piperazine rings is 1. The van der Waals surface area contributed by atoms with E-state index in [4.69, 9.17) is 0 Å². The number of aryl methyl sites for hydroxylation is 1.